The zero-order valence-electron chi connectivity index (χ0n) is 15.5. The molecule has 2 aliphatic rings. The molecule has 2 aromatic rings. The molecule has 0 saturated carbocycles. The maximum absolute atomic E-state index is 13.1. The largest absolute Gasteiger partial charge is 0.493 e. The van der Waals surface area contributed by atoms with E-state index in [2.05, 4.69) is 46.6 Å². The Morgan fingerprint density at radius 3 is 2.63 bits per heavy atom. The third-order valence-corrected chi connectivity index (χ3v) is 4.60. The Labute approximate surface area is 157 Å². The summed E-state index contributed by atoms with van der Waals surface area (Å²) in [5, 5.41) is 11.9. The van der Waals surface area contributed by atoms with Crippen molar-refractivity contribution in [2.75, 3.05) is 32.6 Å². The zero-order valence-corrected chi connectivity index (χ0v) is 15.5. The molecule has 2 aromatic carbocycles. The number of fused-ring (bicyclic) bond motifs is 3. The number of H-pyrrole nitrogens is 2. The summed E-state index contributed by atoms with van der Waals surface area (Å²) in [4.78, 5) is 2.15. The van der Waals surface area contributed by atoms with Crippen molar-refractivity contribution in [3.8, 4) is 17.0 Å². The summed E-state index contributed by atoms with van der Waals surface area (Å²) in [5.74, 6) is 1.48. The van der Waals surface area contributed by atoms with E-state index >= 15 is 0 Å². The maximum Gasteiger partial charge on any atom is 0.132 e. The van der Waals surface area contributed by atoms with Crippen molar-refractivity contribution in [1.29, 1.82) is 0 Å². The molecule has 0 radical (unpaired) electrons. The molecule has 0 atom stereocenters. The second-order valence-corrected chi connectivity index (χ2v) is 6.91. The molecule has 0 aromatic heterocycles. The maximum atomic E-state index is 13.1. The van der Waals surface area contributed by atoms with Gasteiger partial charge >= 0.3 is 0 Å². The molecule has 4 rings (SSSR count). The molecule has 1 aliphatic heterocycles. The minimum atomic E-state index is -0.251. The van der Waals surface area contributed by atoms with E-state index in [1.165, 1.54) is 12.1 Å². The summed E-state index contributed by atoms with van der Waals surface area (Å²) in [6, 6.07) is 14.5. The van der Waals surface area contributed by atoms with Crippen LogP contribution in [-0.4, -0.2) is 42.3 Å². The fourth-order valence-corrected chi connectivity index (χ4v) is 3.26. The van der Waals surface area contributed by atoms with Crippen LogP contribution < -0.4 is 10.1 Å². The van der Waals surface area contributed by atoms with Gasteiger partial charge in [0.2, 0.25) is 0 Å². The molecule has 140 valence electrons. The van der Waals surface area contributed by atoms with Crippen molar-refractivity contribution in [2.45, 2.75) is 6.42 Å². The summed E-state index contributed by atoms with van der Waals surface area (Å²) in [5.41, 5.74) is 2.88. The zero-order chi connectivity index (χ0) is 18.8. The van der Waals surface area contributed by atoms with Gasteiger partial charge in [0.05, 0.1) is 12.3 Å². The van der Waals surface area contributed by atoms with Gasteiger partial charge in [-0.2, -0.15) is 0 Å². The number of anilines is 2. The summed E-state index contributed by atoms with van der Waals surface area (Å²) < 4.78 is 19.1. The number of aromatic nitrogens is 2. The van der Waals surface area contributed by atoms with Crippen LogP contribution in [0.3, 0.4) is 0 Å². The third kappa shape index (κ3) is 3.61. The van der Waals surface area contributed by atoms with E-state index in [0.29, 0.717) is 6.61 Å². The van der Waals surface area contributed by atoms with Crippen molar-refractivity contribution in [3.63, 3.8) is 0 Å². The first-order valence-electron chi connectivity index (χ1n) is 9.04. The number of hydrogen-bond acceptors (Lipinski definition) is 3. The average Bonchev–Trinajstić information content (AvgIpc) is 3.21. The Bertz CT molecular complexity index is 1000. The molecule has 1 aliphatic carbocycles. The SMILES string of the molecule is CN(C)CCCOc1cccc2c3[nH][nH]c(Nc4ccc(F)cc4)c-3cc12. The van der Waals surface area contributed by atoms with Crippen LogP contribution >= 0.6 is 0 Å². The first kappa shape index (κ1) is 17.4. The Hall–Kier alpha value is -2.99. The Morgan fingerprint density at radius 2 is 1.85 bits per heavy atom. The molecule has 5 nitrogen and oxygen atoms in total. The second-order valence-electron chi connectivity index (χ2n) is 6.91. The lowest BCUT2D eigenvalue weighted by molar-refractivity contribution is 0.284. The third-order valence-electron chi connectivity index (χ3n) is 4.60. The number of hydrogen-bond donors (Lipinski definition) is 3. The fourth-order valence-electron chi connectivity index (χ4n) is 3.26. The topological polar surface area (TPSA) is 56.1 Å². The molecule has 0 fully saturated rings. The standard InChI is InChI=1S/C21H23FN4O/c1-26(2)11-4-12-27-19-6-3-5-16-17(19)13-18-20(16)24-25-21(18)23-15-9-7-14(22)8-10-15/h3,5-10,13,23-25H,4,11-12H2,1-2H3. The predicted octanol–water partition coefficient (Wildman–Crippen LogP) is 4.81. The minimum Gasteiger partial charge on any atom is -0.493 e. The van der Waals surface area contributed by atoms with Gasteiger partial charge in [0, 0.05) is 28.6 Å². The lowest BCUT2D eigenvalue weighted by atomic mass is 10.2. The monoisotopic (exact) mass is 366 g/mol. The molecule has 0 spiro atoms. The molecular formula is C21H23FN4O. The highest BCUT2D eigenvalue weighted by atomic mass is 19.1. The molecule has 0 unspecified atom stereocenters. The summed E-state index contributed by atoms with van der Waals surface area (Å²) in [6.45, 7) is 1.68. The van der Waals surface area contributed by atoms with Gasteiger partial charge in [0.1, 0.15) is 17.4 Å². The van der Waals surface area contributed by atoms with E-state index in [0.717, 1.165) is 52.3 Å². The molecule has 0 amide bonds. The fraction of sp³-hybridized carbons (Fsp3) is 0.238. The van der Waals surface area contributed by atoms with Crippen LogP contribution in [0, 0.1) is 5.82 Å². The molecule has 0 bridgehead atoms. The first-order valence-corrected chi connectivity index (χ1v) is 9.04. The minimum absolute atomic E-state index is 0.251. The van der Waals surface area contributed by atoms with Crippen LogP contribution in [0.1, 0.15) is 6.42 Å². The van der Waals surface area contributed by atoms with Crippen LogP contribution in [0.25, 0.3) is 22.0 Å². The molecular weight excluding hydrogens is 343 g/mol. The molecule has 0 saturated heterocycles. The summed E-state index contributed by atoms with van der Waals surface area (Å²) in [6.07, 6.45) is 0.979. The molecule has 3 N–H and O–H groups in total. The lowest BCUT2D eigenvalue weighted by Gasteiger charge is -2.11. The van der Waals surface area contributed by atoms with Crippen LogP contribution in [0.2, 0.25) is 0 Å². The highest BCUT2D eigenvalue weighted by molar-refractivity contribution is 6.06. The van der Waals surface area contributed by atoms with Crippen molar-refractivity contribution in [2.24, 2.45) is 0 Å². The van der Waals surface area contributed by atoms with E-state index in [9.17, 15) is 4.39 Å². The Balaban J connectivity index is 1.59. The van der Waals surface area contributed by atoms with Crippen LogP contribution in [0.15, 0.2) is 48.5 Å². The summed E-state index contributed by atoms with van der Waals surface area (Å²) in [7, 11) is 4.12. The van der Waals surface area contributed by atoms with E-state index in [1.54, 1.807) is 12.1 Å². The van der Waals surface area contributed by atoms with E-state index in [4.69, 9.17) is 4.74 Å². The Morgan fingerprint density at radius 1 is 1.04 bits per heavy atom. The lowest BCUT2D eigenvalue weighted by Crippen LogP contribution is -2.15. The highest BCUT2D eigenvalue weighted by Gasteiger charge is 2.19. The van der Waals surface area contributed by atoms with Gasteiger partial charge in [-0.05, 0) is 56.9 Å². The second kappa shape index (κ2) is 7.32. The molecule has 27 heavy (non-hydrogen) atoms. The number of nitrogens with one attached hydrogen (secondary N) is 3. The number of halogens is 1. The van der Waals surface area contributed by atoms with Crippen LogP contribution in [0.4, 0.5) is 15.9 Å². The summed E-state index contributed by atoms with van der Waals surface area (Å²) >= 11 is 0. The van der Waals surface area contributed by atoms with Gasteiger partial charge in [-0.15, -0.1) is 0 Å². The number of benzene rings is 2. The van der Waals surface area contributed by atoms with Crippen molar-refractivity contribution in [1.82, 2.24) is 15.1 Å². The van der Waals surface area contributed by atoms with Gasteiger partial charge in [-0.3, -0.25) is 10.2 Å². The Kier molecular flexibility index (Phi) is 4.73. The first-order chi connectivity index (χ1) is 13.1. The number of nitrogens with zero attached hydrogens (tertiary/aromatic N) is 1. The van der Waals surface area contributed by atoms with Gasteiger partial charge in [0.15, 0.2) is 0 Å². The van der Waals surface area contributed by atoms with E-state index in [1.807, 2.05) is 12.1 Å². The highest BCUT2D eigenvalue weighted by Crippen LogP contribution is 2.41. The van der Waals surface area contributed by atoms with Gasteiger partial charge in [-0.1, -0.05) is 12.1 Å². The number of rotatable bonds is 7. The van der Waals surface area contributed by atoms with E-state index in [-0.39, 0.29) is 5.82 Å². The number of aromatic amines is 2. The van der Waals surface area contributed by atoms with Gasteiger partial charge in [0.25, 0.3) is 0 Å². The van der Waals surface area contributed by atoms with Crippen LogP contribution in [-0.2, 0) is 0 Å². The number of ether oxygens (including phenoxy) is 1. The van der Waals surface area contributed by atoms with Crippen LogP contribution in [0.5, 0.6) is 5.75 Å². The quantitative estimate of drug-likeness (QED) is 0.411. The van der Waals surface area contributed by atoms with Gasteiger partial charge in [-0.25, -0.2) is 4.39 Å². The van der Waals surface area contributed by atoms with Crippen molar-refractivity contribution < 1.29 is 9.13 Å². The normalized spacial score (nSPS) is 11.6. The van der Waals surface area contributed by atoms with Crippen molar-refractivity contribution >= 4 is 22.3 Å². The molecule has 1 heterocycles. The molecule has 6 heteroatoms. The average molecular weight is 366 g/mol. The van der Waals surface area contributed by atoms with Crippen molar-refractivity contribution in [3.05, 3.63) is 54.3 Å². The smallest absolute Gasteiger partial charge is 0.132 e. The van der Waals surface area contributed by atoms with E-state index < -0.39 is 0 Å². The van der Waals surface area contributed by atoms with Gasteiger partial charge < -0.3 is 15.0 Å². The predicted molar refractivity (Wildman–Crippen MR) is 108 cm³/mol.